The Hall–Kier alpha value is -1.36. The smallest absolute Gasteiger partial charge is 0.344 e. The molecular weight excluding hydrogens is 282 g/mol. The average molecular weight is 298 g/mol. The van der Waals surface area contributed by atoms with Gasteiger partial charge in [0.15, 0.2) is 11.9 Å². The zero-order valence-corrected chi connectivity index (χ0v) is 11.7. The predicted octanol–water partition coefficient (Wildman–Crippen LogP) is 1.09. The summed E-state index contributed by atoms with van der Waals surface area (Å²) in [4.78, 5) is 36.6. The van der Waals surface area contributed by atoms with Crippen molar-refractivity contribution in [1.29, 1.82) is 0 Å². The lowest BCUT2D eigenvalue weighted by atomic mass is 9.76. The number of amides is 1. The number of allylic oxidation sites excluding steroid dienone is 1. The van der Waals surface area contributed by atoms with Crippen LogP contribution in [0.4, 0.5) is 0 Å². The van der Waals surface area contributed by atoms with E-state index in [1.54, 1.807) is 0 Å². The van der Waals surface area contributed by atoms with Crippen molar-refractivity contribution in [2.24, 2.45) is 5.92 Å². The van der Waals surface area contributed by atoms with Crippen molar-refractivity contribution in [1.82, 2.24) is 5.32 Å². The second-order valence-corrected chi connectivity index (χ2v) is 5.89. The number of Topliss-reactive ketones (excluding diaryl/α,β-unsaturated/α-hetero) is 1. The molecule has 3 aliphatic rings. The molecule has 0 aromatic heterocycles. The maximum atomic E-state index is 12.7. The normalized spacial score (nSPS) is 35.5. The SMILES string of the molecule is O=C1N[C@@]2(C(=O)C3=CCCCC3)C(=O)O[C@H]2[C@H]1CCCl. The molecule has 1 N–H and O–H groups in total. The monoisotopic (exact) mass is 297 g/mol. The van der Waals surface area contributed by atoms with Crippen LogP contribution in [0.5, 0.6) is 0 Å². The first kappa shape index (κ1) is 13.6. The number of alkyl halides is 1. The van der Waals surface area contributed by atoms with Gasteiger partial charge < -0.3 is 10.1 Å². The van der Waals surface area contributed by atoms with Crippen LogP contribution in [0.25, 0.3) is 0 Å². The van der Waals surface area contributed by atoms with Gasteiger partial charge in [0.2, 0.25) is 11.4 Å². The van der Waals surface area contributed by atoms with Gasteiger partial charge in [-0.25, -0.2) is 4.79 Å². The van der Waals surface area contributed by atoms with Crippen LogP contribution in [0.15, 0.2) is 11.6 Å². The molecule has 0 bridgehead atoms. The molecule has 2 fully saturated rings. The third-order valence-electron chi connectivity index (χ3n) is 4.37. The highest BCUT2D eigenvalue weighted by Crippen LogP contribution is 2.43. The lowest BCUT2D eigenvalue weighted by Gasteiger charge is -2.41. The van der Waals surface area contributed by atoms with Crippen molar-refractivity contribution < 1.29 is 19.1 Å². The van der Waals surface area contributed by atoms with Crippen molar-refractivity contribution >= 4 is 29.3 Å². The molecule has 2 saturated heterocycles. The summed E-state index contributed by atoms with van der Waals surface area (Å²) in [6, 6.07) is 0. The van der Waals surface area contributed by atoms with Gasteiger partial charge in [-0.15, -0.1) is 11.6 Å². The van der Waals surface area contributed by atoms with Crippen molar-refractivity contribution in [3.63, 3.8) is 0 Å². The number of halogens is 1. The number of esters is 1. The standard InChI is InChI=1S/C14H16ClNO4/c15-7-6-9-11-14(13(19)20-11,16-12(9)18)10(17)8-4-2-1-3-5-8/h4,9,11H,1-3,5-7H2,(H,16,18)/t9-,11+,14-/m1/s1. The Morgan fingerprint density at radius 2 is 2.25 bits per heavy atom. The second-order valence-electron chi connectivity index (χ2n) is 5.51. The van der Waals surface area contributed by atoms with Crippen LogP contribution >= 0.6 is 11.6 Å². The molecule has 0 aromatic rings. The molecule has 0 unspecified atom stereocenters. The third kappa shape index (κ3) is 1.72. The summed E-state index contributed by atoms with van der Waals surface area (Å²) in [7, 11) is 0. The number of rotatable bonds is 4. The molecule has 6 heteroatoms. The highest BCUT2D eigenvalue weighted by molar-refractivity contribution is 6.23. The summed E-state index contributed by atoms with van der Waals surface area (Å²) >= 11 is 5.68. The molecule has 2 aliphatic heterocycles. The highest BCUT2D eigenvalue weighted by atomic mass is 35.5. The van der Waals surface area contributed by atoms with Gasteiger partial charge in [-0.1, -0.05) is 6.08 Å². The average Bonchev–Trinajstić information content (AvgIpc) is 2.69. The third-order valence-corrected chi connectivity index (χ3v) is 4.58. The summed E-state index contributed by atoms with van der Waals surface area (Å²) in [5, 5.41) is 2.59. The van der Waals surface area contributed by atoms with Gasteiger partial charge in [-0.3, -0.25) is 9.59 Å². The molecule has 1 aliphatic carbocycles. The minimum absolute atomic E-state index is 0.288. The quantitative estimate of drug-likeness (QED) is 0.479. The van der Waals surface area contributed by atoms with Crippen LogP contribution in [0, 0.1) is 5.92 Å². The minimum Gasteiger partial charge on any atom is -0.456 e. The largest absolute Gasteiger partial charge is 0.456 e. The first-order valence-corrected chi connectivity index (χ1v) is 7.47. The maximum Gasteiger partial charge on any atom is 0.344 e. The molecule has 3 rings (SSSR count). The Morgan fingerprint density at radius 3 is 2.85 bits per heavy atom. The summed E-state index contributed by atoms with van der Waals surface area (Å²) in [5.74, 6) is -1.46. The summed E-state index contributed by atoms with van der Waals surface area (Å²) in [6.45, 7) is 0. The Labute approximate surface area is 121 Å². The summed E-state index contributed by atoms with van der Waals surface area (Å²) < 4.78 is 5.08. The highest BCUT2D eigenvalue weighted by Gasteiger charge is 2.72. The zero-order chi connectivity index (χ0) is 14.3. The van der Waals surface area contributed by atoms with Gasteiger partial charge in [0.05, 0.1) is 5.92 Å². The second kappa shape index (κ2) is 4.88. The zero-order valence-electron chi connectivity index (χ0n) is 11.0. The fraction of sp³-hybridized carbons (Fsp3) is 0.643. The van der Waals surface area contributed by atoms with E-state index in [4.69, 9.17) is 16.3 Å². The van der Waals surface area contributed by atoms with E-state index >= 15 is 0 Å². The van der Waals surface area contributed by atoms with Gasteiger partial charge in [0, 0.05) is 5.88 Å². The lowest BCUT2D eigenvalue weighted by Crippen LogP contribution is -2.71. The van der Waals surface area contributed by atoms with Crippen LogP contribution in [-0.2, 0) is 19.1 Å². The van der Waals surface area contributed by atoms with Crippen LogP contribution < -0.4 is 5.32 Å². The Morgan fingerprint density at radius 1 is 1.45 bits per heavy atom. The number of carbonyl (C=O) groups excluding carboxylic acids is 3. The number of ketones is 1. The molecule has 2 heterocycles. The maximum absolute atomic E-state index is 12.7. The predicted molar refractivity (Wildman–Crippen MR) is 71.1 cm³/mol. The van der Waals surface area contributed by atoms with Crippen LogP contribution in [0.3, 0.4) is 0 Å². The van der Waals surface area contributed by atoms with Gasteiger partial charge >= 0.3 is 5.97 Å². The Bertz CT molecular complexity index is 515. The summed E-state index contributed by atoms with van der Waals surface area (Å²) in [5.41, 5.74) is -0.832. The van der Waals surface area contributed by atoms with E-state index in [2.05, 4.69) is 5.32 Å². The molecule has 0 spiro atoms. The number of carbonyl (C=O) groups is 3. The molecule has 0 saturated carbocycles. The molecule has 5 nitrogen and oxygen atoms in total. The van der Waals surface area contributed by atoms with E-state index in [0.29, 0.717) is 24.3 Å². The number of hydrogen-bond acceptors (Lipinski definition) is 4. The van der Waals surface area contributed by atoms with Crippen molar-refractivity contribution in [3.8, 4) is 0 Å². The van der Waals surface area contributed by atoms with Crippen LogP contribution in [0.2, 0.25) is 0 Å². The van der Waals surface area contributed by atoms with Crippen molar-refractivity contribution in [2.75, 3.05) is 5.88 Å². The van der Waals surface area contributed by atoms with Crippen molar-refractivity contribution in [3.05, 3.63) is 11.6 Å². The van der Waals surface area contributed by atoms with E-state index in [9.17, 15) is 14.4 Å². The summed E-state index contributed by atoms with van der Waals surface area (Å²) in [6.07, 6.45) is 5.08. The molecule has 3 atom stereocenters. The number of fused-ring (bicyclic) bond motifs is 1. The van der Waals surface area contributed by atoms with E-state index in [0.717, 1.165) is 19.3 Å². The minimum atomic E-state index is -1.48. The van der Waals surface area contributed by atoms with Crippen LogP contribution in [-0.4, -0.2) is 35.2 Å². The Kier molecular flexibility index (Phi) is 3.32. The van der Waals surface area contributed by atoms with Crippen molar-refractivity contribution in [2.45, 2.75) is 43.7 Å². The van der Waals surface area contributed by atoms with E-state index in [1.807, 2.05) is 6.08 Å². The van der Waals surface area contributed by atoms with E-state index in [-0.39, 0.29) is 11.7 Å². The fourth-order valence-electron chi connectivity index (χ4n) is 3.26. The number of nitrogens with one attached hydrogen (secondary N) is 1. The van der Waals surface area contributed by atoms with E-state index in [1.165, 1.54) is 0 Å². The number of ether oxygens (including phenoxy) is 1. The first-order valence-electron chi connectivity index (χ1n) is 6.94. The molecule has 0 aromatic carbocycles. The van der Waals surface area contributed by atoms with E-state index < -0.39 is 23.5 Å². The van der Waals surface area contributed by atoms with Gasteiger partial charge in [0.25, 0.3) is 0 Å². The van der Waals surface area contributed by atoms with Gasteiger partial charge in [-0.05, 0) is 37.7 Å². The topological polar surface area (TPSA) is 72.5 Å². The fourth-order valence-corrected chi connectivity index (χ4v) is 3.50. The molecular formula is C14H16ClNO4. The molecule has 1 amide bonds. The van der Waals surface area contributed by atoms with Gasteiger partial charge in [0.1, 0.15) is 0 Å². The first-order chi connectivity index (χ1) is 9.61. The molecule has 0 radical (unpaired) electrons. The number of hydrogen-bond donors (Lipinski definition) is 1. The molecule has 20 heavy (non-hydrogen) atoms. The lowest BCUT2D eigenvalue weighted by molar-refractivity contribution is -0.191. The van der Waals surface area contributed by atoms with Crippen LogP contribution in [0.1, 0.15) is 32.1 Å². The van der Waals surface area contributed by atoms with Gasteiger partial charge in [-0.2, -0.15) is 0 Å². The Balaban J connectivity index is 1.90. The molecule has 108 valence electrons.